The molecule has 2 amide bonds. The van der Waals surface area contributed by atoms with Gasteiger partial charge in [-0.1, -0.05) is 6.42 Å². The Balaban J connectivity index is 2.57. The number of likely N-dealkylation sites (N-methyl/N-ethyl adjacent to an activating group) is 1. The molecule has 6 nitrogen and oxygen atoms in total. The van der Waals surface area contributed by atoms with E-state index in [0.29, 0.717) is 32.7 Å². The molecule has 116 valence electrons. The van der Waals surface area contributed by atoms with Crippen molar-refractivity contribution in [3.63, 3.8) is 0 Å². The van der Waals surface area contributed by atoms with E-state index in [1.165, 1.54) is 0 Å². The Kier molecular flexibility index (Phi) is 6.26. The summed E-state index contributed by atoms with van der Waals surface area (Å²) >= 11 is 0. The molecule has 1 saturated carbocycles. The molecular formula is C14H26N2O4. The van der Waals surface area contributed by atoms with Crippen LogP contribution in [0.15, 0.2) is 0 Å². The zero-order valence-electron chi connectivity index (χ0n) is 12.6. The molecule has 0 heterocycles. The number of carboxylic acid groups (broad SMARTS) is 1. The number of hydrogen-bond acceptors (Lipinski definition) is 3. The van der Waals surface area contributed by atoms with Gasteiger partial charge in [-0.3, -0.25) is 4.79 Å². The number of urea groups is 1. The van der Waals surface area contributed by atoms with Gasteiger partial charge in [0.25, 0.3) is 0 Å². The van der Waals surface area contributed by atoms with Crippen LogP contribution in [0.2, 0.25) is 0 Å². The summed E-state index contributed by atoms with van der Waals surface area (Å²) in [6.45, 7) is 7.74. The van der Waals surface area contributed by atoms with Crippen LogP contribution >= 0.6 is 0 Å². The molecule has 0 bridgehead atoms. The number of carboxylic acids is 1. The Morgan fingerprint density at radius 1 is 1.45 bits per heavy atom. The maximum Gasteiger partial charge on any atom is 0.317 e. The largest absolute Gasteiger partial charge is 0.481 e. The van der Waals surface area contributed by atoms with E-state index in [1.54, 1.807) is 11.8 Å². The summed E-state index contributed by atoms with van der Waals surface area (Å²) in [4.78, 5) is 25.2. The van der Waals surface area contributed by atoms with Gasteiger partial charge in [0, 0.05) is 25.7 Å². The lowest BCUT2D eigenvalue weighted by atomic mass is 9.85. The first-order chi connectivity index (χ1) is 9.45. The molecule has 2 unspecified atom stereocenters. The van der Waals surface area contributed by atoms with Crippen molar-refractivity contribution in [1.82, 2.24) is 10.2 Å². The fourth-order valence-electron chi connectivity index (χ4n) is 2.62. The van der Waals surface area contributed by atoms with Gasteiger partial charge in [-0.05, 0) is 33.6 Å². The van der Waals surface area contributed by atoms with E-state index < -0.39 is 11.4 Å². The molecule has 1 aliphatic rings. The smallest absolute Gasteiger partial charge is 0.317 e. The molecule has 2 N–H and O–H groups in total. The Morgan fingerprint density at radius 2 is 2.15 bits per heavy atom. The van der Waals surface area contributed by atoms with Gasteiger partial charge in [0.1, 0.15) is 0 Å². The average Bonchev–Trinajstić information content (AvgIpc) is 2.77. The lowest BCUT2D eigenvalue weighted by Crippen LogP contribution is -2.51. The Labute approximate surface area is 120 Å². The Hall–Kier alpha value is -1.30. The first kappa shape index (κ1) is 16.8. The van der Waals surface area contributed by atoms with Gasteiger partial charge in [0.05, 0.1) is 12.0 Å². The van der Waals surface area contributed by atoms with Gasteiger partial charge in [0.15, 0.2) is 0 Å². The van der Waals surface area contributed by atoms with Gasteiger partial charge in [-0.25, -0.2) is 4.79 Å². The fourth-order valence-corrected chi connectivity index (χ4v) is 2.62. The highest BCUT2D eigenvalue weighted by Gasteiger charge is 2.46. The number of hydrogen-bond donors (Lipinski definition) is 2. The summed E-state index contributed by atoms with van der Waals surface area (Å²) in [6.07, 6.45) is 2.16. The van der Waals surface area contributed by atoms with E-state index in [2.05, 4.69) is 5.32 Å². The summed E-state index contributed by atoms with van der Waals surface area (Å²) in [5, 5.41) is 12.2. The number of nitrogens with zero attached hydrogens (tertiary/aromatic N) is 1. The van der Waals surface area contributed by atoms with E-state index in [-0.39, 0.29) is 12.1 Å². The van der Waals surface area contributed by atoms with Crippen molar-refractivity contribution in [2.75, 3.05) is 26.3 Å². The van der Waals surface area contributed by atoms with Crippen LogP contribution in [0.3, 0.4) is 0 Å². The first-order valence-corrected chi connectivity index (χ1v) is 7.32. The minimum atomic E-state index is -0.852. The molecular weight excluding hydrogens is 260 g/mol. The van der Waals surface area contributed by atoms with Crippen molar-refractivity contribution in [3.05, 3.63) is 0 Å². The Morgan fingerprint density at radius 3 is 2.70 bits per heavy atom. The normalized spacial score (nSPS) is 25.4. The average molecular weight is 286 g/mol. The molecule has 0 spiro atoms. The van der Waals surface area contributed by atoms with Crippen molar-refractivity contribution in [2.45, 2.75) is 46.1 Å². The minimum Gasteiger partial charge on any atom is -0.481 e. The van der Waals surface area contributed by atoms with E-state index in [9.17, 15) is 14.7 Å². The summed E-state index contributed by atoms with van der Waals surface area (Å²) in [7, 11) is 0. The molecule has 6 heteroatoms. The van der Waals surface area contributed by atoms with E-state index >= 15 is 0 Å². The third-order valence-electron chi connectivity index (χ3n) is 4.12. The van der Waals surface area contributed by atoms with Crippen LogP contribution in [0, 0.1) is 5.41 Å². The second-order valence-electron chi connectivity index (χ2n) is 5.39. The molecule has 2 atom stereocenters. The highest BCUT2D eigenvalue weighted by molar-refractivity contribution is 5.79. The predicted molar refractivity (Wildman–Crippen MR) is 75.7 cm³/mol. The van der Waals surface area contributed by atoms with Gasteiger partial charge in [-0.15, -0.1) is 0 Å². The third kappa shape index (κ3) is 3.85. The van der Waals surface area contributed by atoms with Gasteiger partial charge >= 0.3 is 12.0 Å². The number of nitrogens with one attached hydrogen (secondary N) is 1. The van der Waals surface area contributed by atoms with E-state index in [4.69, 9.17) is 4.74 Å². The van der Waals surface area contributed by atoms with Gasteiger partial charge < -0.3 is 20.1 Å². The van der Waals surface area contributed by atoms with Gasteiger partial charge in [-0.2, -0.15) is 0 Å². The topological polar surface area (TPSA) is 78.9 Å². The monoisotopic (exact) mass is 286 g/mol. The molecule has 0 aromatic carbocycles. The van der Waals surface area contributed by atoms with Crippen LogP contribution in [0.1, 0.15) is 40.0 Å². The molecule has 0 radical (unpaired) electrons. The van der Waals surface area contributed by atoms with Crippen LogP contribution < -0.4 is 5.32 Å². The van der Waals surface area contributed by atoms with Crippen LogP contribution in [0.4, 0.5) is 4.79 Å². The second kappa shape index (κ2) is 7.47. The zero-order valence-corrected chi connectivity index (χ0v) is 12.6. The highest BCUT2D eigenvalue weighted by Crippen LogP contribution is 2.38. The van der Waals surface area contributed by atoms with Crippen molar-refractivity contribution in [1.29, 1.82) is 0 Å². The second-order valence-corrected chi connectivity index (χ2v) is 5.39. The van der Waals surface area contributed by atoms with Crippen molar-refractivity contribution >= 4 is 12.0 Å². The van der Waals surface area contributed by atoms with E-state index in [0.717, 1.165) is 12.8 Å². The number of aliphatic carboxylic acids is 1. The molecule has 0 aromatic heterocycles. The van der Waals surface area contributed by atoms with Gasteiger partial charge in [0.2, 0.25) is 0 Å². The van der Waals surface area contributed by atoms with Crippen LogP contribution in [-0.4, -0.2) is 54.4 Å². The van der Waals surface area contributed by atoms with E-state index in [1.807, 2.05) is 13.8 Å². The fraction of sp³-hybridized carbons (Fsp3) is 0.857. The van der Waals surface area contributed by atoms with Crippen LogP contribution in [0.5, 0.6) is 0 Å². The Bertz CT molecular complexity index is 348. The molecule has 20 heavy (non-hydrogen) atoms. The van der Waals surface area contributed by atoms with Crippen LogP contribution in [-0.2, 0) is 9.53 Å². The molecule has 1 rings (SSSR count). The number of carbonyl (C=O) groups is 2. The van der Waals surface area contributed by atoms with Crippen molar-refractivity contribution in [2.24, 2.45) is 5.41 Å². The maximum absolute atomic E-state index is 12.2. The predicted octanol–water partition coefficient (Wildman–Crippen LogP) is 1.70. The lowest BCUT2D eigenvalue weighted by Gasteiger charge is -2.30. The molecule has 1 aliphatic carbocycles. The summed E-state index contributed by atoms with van der Waals surface area (Å²) in [6, 6.07) is -0.500. The van der Waals surface area contributed by atoms with Crippen molar-refractivity contribution < 1.29 is 19.4 Å². The lowest BCUT2D eigenvalue weighted by molar-refractivity contribution is -0.148. The van der Waals surface area contributed by atoms with Crippen LogP contribution in [0.25, 0.3) is 0 Å². The molecule has 0 aromatic rings. The molecule has 0 aliphatic heterocycles. The summed E-state index contributed by atoms with van der Waals surface area (Å²) < 4.78 is 5.25. The summed E-state index contributed by atoms with van der Waals surface area (Å²) in [5.74, 6) is -0.835. The highest BCUT2D eigenvalue weighted by atomic mass is 16.5. The minimum absolute atomic E-state index is 0.202. The quantitative estimate of drug-likeness (QED) is 0.698. The SMILES string of the molecule is CCOCCN(CC)C(=O)NC1CCCC1(C)C(=O)O. The number of amides is 2. The molecule has 1 fully saturated rings. The number of ether oxygens (including phenoxy) is 1. The maximum atomic E-state index is 12.2. The third-order valence-corrected chi connectivity index (χ3v) is 4.12. The van der Waals surface area contributed by atoms with Crippen molar-refractivity contribution in [3.8, 4) is 0 Å². The first-order valence-electron chi connectivity index (χ1n) is 7.32. The number of carbonyl (C=O) groups excluding carboxylic acids is 1. The molecule has 0 saturated heterocycles. The number of rotatable bonds is 7. The summed E-state index contributed by atoms with van der Waals surface area (Å²) in [5.41, 5.74) is -0.852. The zero-order chi connectivity index (χ0) is 15.2. The standard InChI is InChI=1S/C14H26N2O4/c1-4-16(9-10-20-5-2)13(19)15-11-7-6-8-14(11,3)12(17)18/h11H,4-10H2,1-3H3,(H,15,19)(H,17,18).